The predicted molar refractivity (Wildman–Crippen MR) is 255 cm³/mol. The van der Waals surface area contributed by atoms with E-state index in [0.29, 0.717) is 0 Å². The van der Waals surface area contributed by atoms with Gasteiger partial charge in [0.05, 0.1) is 16.7 Å². The topological polar surface area (TPSA) is 8.17 Å². The van der Waals surface area contributed by atoms with E-state index in [2.05, 4.69) is 252 Å². The van der Waals surface area contributed by atoms with Gasteiger partial charge in [0, 0.05) is 33.4 Å². The fourth-order valence-electron chi connectivity index (χ4n) is 9.00. The Kier molecular flexibility index (Phi) is 8.87. The number of rotatable bonds is 8. The number of hydrogen-bond donors (Lipinski definition) is 0. The van der Waals surface area contributed by atoms with Gasteiger partial charge in [-0.2, -0.15) is 0 Å². The minimum Gasteiger partial charge on any atom is -0.310 e. The minimum absolute atomic E-state index is 1.08. The summed E-state index contributed by atoms with van der Waals surface area (Å²) in [6.07, 6.45) is 0. The van der Waals surface area contributed by atoms with Gasteiger partial charge in [0.2, 0.25) is 0 Å². The second-order valence-electron chi connectivity index (χ2n) is 15.3. The van der Waals surface area contributed by atoms with E-state index in [0.717, 1.165) is 28.3 Å². The molecule has 1 aromatic heterocycles. The van der Waals surface area contributed by atoms with E-state index in [4.69, 9.17) is 0 Å². The summed E-state index contributed by atoms with van der Waals surface area (Å²) < 4.78 is 2.42. The van der Waals surface area contributed by atoms with Gasteiger partial charge in [0.1, 0.15) is 0 Å². The summed E-state index contributed by atoms with van der Waals surface area (Å²) in [5, 5.41) is 4.95. The third-order valence-electron chi connectivity index (χ3n) is 11.8. The third-order valence-corrected chi connectivity index (χ3v) is 11.8. The van der Waals surface area contributed by atoms with Crippen molar-refractivity contribution >= 4 is 49.6 Å². The van der Waals surface area contributed by atoms with Gasteiger partial charge in [0.25, 0.3) is 0 Å². The fraction of sp³-hybridized carbons (Fsp3) is 0. The van der Waals surface area contributed by atoms with Crippen LogP contribution in [0.15, 0.2) is 243 Å². The van der Waals surface area contributed by atoms with Gasteiger partial charge in [-0.3, -0.25) is 0 Å². The smallest absolute Gasteiger partial charge is 0.0561 e. The molecule has 0 fully saturated rings. The van der Waals surface area contributed by atoms with Crippen LogP contribution in [0.2, 0.25) is 0 Å². The molecule has 0 saturated carbocycles. The average molecular weight is 765 g/mol. The van der Waals surface area contributed by atoms with Crippen molar-refractivity contribution in [3.63, 3.8) is 0 Å². The zero-order chi connectivity index (χ0) is 39.8. The Labute approximate surface area is 350 Å². The maximum atomic E-state index is 2.42. The summed E-state index contributed by atoms with van der Waals surface area (Å²) in [5.74, 6) is 0. The number of hydrogen-bond acceptors (Lipinski definition) is 1. The Bertz CT molecular complexity index is 3280. The Hall–Kier alpha value is -7.94. The van der Waals surface area contributed by atoms with Crippen LogP contribution in [0.1, 0.15) is 0 Å². The molecule has 11 rings (SSSR count). The summed E-state index contributed by atoms with van der Waals surface area (Å²) >= 11 is 0. The lowest BCUT2D eigenvalue weighted by molar-refractivity contribution is 1.18. The predicted octanol–water partition coefficient (Wildman–Crippen LogP) is 16.1. The summed E-state index contributed by atoms with van der Waals surface area (Å²) in [4.78, 5) is 2.42. The zero-order valence-electron chi connectivity index (χ0n) is 33.0. The molecule has 0 bridgehead atoms. The monoisotopic (exact) mass is 764 g/mol. The normalized spacial score (nSPS) is 11.3. The molecule has 0 amide bonds. The molecule has 0 atom stereocenters. The summed E-state index contributed by atoms with van der Waals surface area (Å²) in [7, 11) is 0. The van der Waals surface area contributed by atoms with E-state index in [9.17, 15) is 0 Å². The molecular weight excluding hydrogens is 725 g/mol. The number of benzene rings is 10. The van der Waals surface area contributed by atoms with Crippen LogP contribution in [0, 0.1) is 0 Å². The highest BCUT2D eigenvalue weighted by Gasteiger charge is 2.20. The Morgan fingerprint density at radius 1 is 0.283 bits per heavy atom. The first-order chi connectivity index (χ1) is 29.8. The molecular formula is C58H40N2. The Morgan fingerprint density at radius 2 is 0.767 bits per heavy atom. The molecule has 282 valence electrons. The van der Waals surface area contributed by atoms with E-state index < -0.39 is 0 Å². The van der Waals surface area contributed by atoms with Crippen LogP contribution in [0.25, 0.3) is 82.8 Å². The van der Waals surface area contributed by atoms with Gasteiger partial charge >= 0.3 is 0 Å². The van der Waals surface area contributed by atoms with E-state index in [1.54, 1.807) is 0 Å². The minimum atomic E-state index is 1.08. The number of para-hydroxylation sites is 2. The van der Waals surface area contributed by atoms with Gasteiger partial charge in [-0.1, -0.05) is 194 Å². The van der Waals surface area contributed by atoms with E-state index >= 15 is 0 Å². The summed E-state index contributed by atoms with van der Waals surface area (Å²) in [6.45, 7) is 0. The van der Waals surface area contributed by atoms with E-state index in [-0.39, 0.29) is 0 Å². The van der Waals surface area contributed by atoms with Crippen LogP contribution in [-0.4, -0.2) is 4.57 Å². The summed E-state index contributed by atoms with van der Waals surface area (Å²) in [5.41, 5.74) is 16.4. The SMILES string of the molecule is c1ccc(-c2ccccc2-c2ccc(-n3c4ccccc4c4ccc(N(c5ccc(-c6cccc7ccccc67)cc5)c5ccccc5-c5ccccc5)cc43)cc2)cc1. The Morgan fingerprint density at radius 3 is 1.50 bits per heavy atom. The van der Waals surface area contributed by atoms with Gasteiger partial charge in [0.15, 0.2) is 0 Å². The highest BCUT2D eigenvalue weighted by molar-refractivity contribution is 6.10. The van der Waals surface area contributed by atoms with Crippen LogP contribution < -0.4 is 4.90 Å². The Balaban J connectivity index is 1.07. The maximum absolute atomic E-state index is 2.42. The van der Waals surface area contributed by atoms with Crippen molar-refractivity contribution in [3.05, 3.63) is 243 Å². The van der Waals surface area contributed by atoms with Crippen LogP contribution in [0.5, 0.6) is 0 Å². The van der Waals surface area contributed by atoms with Crippen LogP contribution in [0.3, 0.4) is 0 Å². The van der Waals surface area contributed by atoms with Crippen molar-refractivity contribution in [2.24, 2.45) is 0 Å². The van der Waals surface area contributed by atoms with Crippen LogP contribution >= 0.6 is 0 Å². The number of nitrogens with zero attached hydrogens (tertiary/aromatic N) is 2. The second-order valence-corrected chi connectivity index (χ2v) is 15.3. The molecule has 0 aliphatic rings. The molecule has 2 heteroatoms. The number of aromatic nitrogens is 1. The maximum Gasteiger partial charge on any atom is 0.0561 e. The first kappa shape index (κ1) is 35.2. The van der Waals surface area contributed by atoms with Gasteiger partial charge < -0.3 is 9.47 Å². The van der Waals surface area contributed by atoms with Gasteiger partial charge in [-0.05, 0) is 98.2 Å². The molecule has 2 nitrogen and oxygen atoms in total. The van der Waals surface area contributed by atoms with E-state index in [1.165, 1.54) is 71.6 Å². The molecule has 0 aliphatic heterocycles. The van der Waals surface area contributed by atoms with Crippen molar-refractivity contribution in [2.45, 2.75) is 0 Å². The molecule has 0 aliphatic carbocycles. The highest BCUT2D eigenvalue weighted by Crippen LogP contribution is 2.44. The van der Waals surface area contributed by atoms with Crippen LogP contribution in [0.4, 0.5) is 17.1 Å². The lowest BCUT2D eigenvalue weighted by Gasteiger charge is -2.28. The number of anilines is 3. The highest BCUT2D eigenvalue weighted by atomic mass is 15.1. The lowest BCUT2D eigenvalue weighted by atomic mass is 9.94. The van der Waals surface area contributed by atoms with Gasteiger partial charge in [-0.15, -0.1) is 0 Å². The molecule has 0 radical (unpaired) electrons. The van der Waals surface area contributed by atoms with Crippen molar-refractivity contribution in [1.29, 1.82) is 0 Å². The lowest BCUT2D eigenvalue weighted by Crippen LogP contribution is -2.11. The largest absolute Gasteiger partial charge is 0.310 e. The van der Waals surface area contributed by atoms with Gasteiger partial charge in [-0.25, -0.2) is 0 Å². The third kappa shape index (κ3) is 6.23. The quantitative estimate of drug-likeness (QED) is 0.150. The number of fused-ring (bicyclic) bond motifs is 4. The van der Waals surface area contributed by atoms with Crippen molar-refractivity contribution in [3.8, 4) is 50.2 Å². The molecule has 0 N–H and O–H groups in total. The molecule has 60 heavy (non-hydrogen) atoms. The first-order valence-corrected chi connectivity index (χ1v) is 20.6. The molecule has 0 spiro atoms. The standard InChI is InChI=1S/C58H40N2/c1-3-16-41(17-4-1)49-23-9-10-24-51(49)44-32-36-47(37-33-44)60-57-29-14-12-26-54(57)55-39-38-48(40-58(55)60)59(56-28-13-11-25-53(56)43-18-5-2-6-19-43)46-34-30-45(31-35-46)52-27-15-21-42-20-7-8-22-50(42)52/h1-40H. The average Bonchev–Trinajstić information content (AvgIpc) is 3.66. The molecule has 11 aromatic rings. The second kappa shape index (κ2) is 15.1. The zero-order valence-corrected chi connectivity index (χ0v) is 33.0. The summed E-state index contributed by atoms with van der Waals surface area (Å²) in [6, 6.07) is 87.8. The van der Waals surface area contributed by atoms with E-state index in [1.807, 2.05) is 0 Å². The van der Waals surface area contributed by atoms with Crippen LogP contribution in [-0.2, 0) is 0 Å². The van der Waals surface area contributed by atoms with Crippen molar-refractivity contribution in [2.75, 3.05) is 4.90 Å². The molecule has 0 unspecified atom stereocenters. The fourth-order valence-corrected chi connectivity index (χ4v) is 9.00. The molecule has 0 saturated heterocycles. The molecule has 1 heterocycles. The first-order valence-electron chi connectivity index (χ1n) is 20.6. The molecule has 10 aromatic carbocycles. The van der Waals surface area contributed by atoms with Crippen molar-refractivity contribution < 1.29 is 0 Å². The van der Waals surface area contributed by atoms with Crippen molar-refractivity contribution in [1.82, 2.24) is 4.57 Å².